The number of ether oxygens (including phenoxy) is 1. The van der Waals surface area contributed by atoms with E-state index in [1.807, 2.05) is 0 Å². The van der Waals surface area contributed by atoms with Crippen LogP contribution in [0.1, 0.15) is 5.82 Å². The molecule has 2 rings (SSSR count). The van der Waals surface area contributed by atoms with Crippen molar-refractivity contribution in [2.75, 3.05) is 6.61 Å². The van der Waals surface area contributed by atoms with Crippen LogP contribution in [0, 0.1) is 0 Å². The molecule has 20 heavy (non-hydrogen) atoms. The fraction of sp³-hybridized carbons (Fsp3) is 0.273. The average molecular weight is 309 g/mol. The Labute approximate surface area is 115 Å². The lowest BCUT2D eigenvalue weighted by Gasteiger charge is -2.04. The average Bonchev–Trinajstić information content (AvgIpc) is 2.80. The highest BCUT2D eigenvalue weighted by Crippen LogP contribution is 2.28. The van der Waals surface area contributed by atoms with E-state index in [0.717, 1.165) is 0 Å². The minimum atomic E-state index is -4.41. The standard InChI is InChI=1S/C11H8ClF3N2O3/c12-7-3-6(1-2-8(7)18)10-16-9(17-20-10)4-19-5-11(13,14)15/h1-3,18H,4-5H2. The maximum absolute atomic E-state index is 11.9. The molecule has 0 fully saturated rings. The van der Waals surface area contributed by atoms with Crippen LogP contribution in [0.25, 0.3) is 11.5 Å². The summed E-state index contributed by atoms with van der Waals surface area (Å²) in [6, 6.07) is 4.21. The normalized spacial score (nSPS) is 11.8. The summed E-state index contributed by atoms with van der Waals surface area (Å²) in [5.74, 6) is -0.0605. The van der Waals surface area contributed by atoms with Gasteiger partial charge in [-0.25, -0.2) is 0 Å². The number of phenols is 1. The minimum Gasteiger partial charge on any atom is -0.506 e. The van der Waals surface area contributed by atoms with E-state index < -0.39 is 19.4 Å². The fourth-order valence-corrected chi connectivity index (χ4v) is 1.51. The molecule has 0 atom stereocenters. The van der Waals surface area contributed by atoms with Crippen molar-refractivity contribution in [1.29, 1.82) is 0 Å². The molecular formula is C11H8ClF3N2O3. The van der Waals surface area contributed by atoms with Crippen molar-refractivity contribution in [3.8, 4) is 17.2 Å². The first-order valence-electron chi connectivity index (χ1n) is 5.31. The Morgan fingerprint density at radius 2 is 2.10 bits per heavy atom. The summed E-state index contributed by atoms with van der Waals surface area (Å²) in [7, 11) is 0. The highest BCUT2D eigenvalue weighted by Gasteiger charge is 2.27. The predicted molar refractivity (Wildman–Crippen MR) is 62.1 cm³/mol. The third kappa shape index (κ3) is 3.84. The zero-order valence-electron chi connectivity index (χ0n) is 9.82. The number of benzene rings is 1. The van der Waals surface area contributed by atoms with Crippen molar-refractivity contribution in [2.24, 2.45) is 0 Å². The Morgan fingerprint density at radius 3 is 2.75 bits per heavy atom. The molecule has 1 aromatic heterocycles. The molecule has 0 amide bonds. The molecule has 0 unspecified atom stereocenters. The predicted octanol–water partition coefficient (Wildman–Crippen LogP) is 3.17. The number of alkyl halides is 3. The largest absolute Gasteiger partial charge is 0.506 e. The number of phenolic OH excluding ortho intramolecular Hbond substituents is 1. The molecule has 0 aliphatic rings. The quantitative estimate of drug-likeness (QED) is 0.939. The molecule has 108 valence electrons. The number of rotatable bonds is 4. The summed E-state index contributed by atoms with van der Waals surface area (Å²) in [6.07, 6.45) is -4.41. The fourth-order valence-electron chi connectivity index (χ4n) is 1.33. The Kier molecular flexibility index (Phi) is 4.15. The summed E-state index contributed by atoms with van der Waals surface area (Å²) in [6.45, 7) is -1.81. The summed E-state index contributed by atoms with van der Waals surface area (Å²) in [5.41, 5.74) is 0.433. The van der Waals surface area contributed by atoms with Gasteiger partial charge in [-0.1, -0.05) is 16.8 Å². The number of aromatic nitrogens is 2. The van der Waals surface area contributed by atoms with Crippen LogP contribution in [0.2, 0.25) is 5.02 Å². The molecule has 0 bridgehead atoms. The summed E-state index contributed by atoms with van der Waals surface area (Å²) in [5, 5.41) is 12.8. The number of aromatic hydroxyl groups is 1. The number of hydrogen-bond acceptors (Lipinski definition) is 5. The minimum absolute atomic E-state index is 0.0200. The van der Waals surface area contributed by atoms with E-state index in [-0.39, 0.29) is 22.5 Å². The zero-order chi connectivity index (χ0) is 14.8. The Hall–Kier alpha value is -1.80. The van der Waals surface area contributed by atoms with Crippen molar-refractivity contribution < 1.29 is 27.5 Å². The second-order valence-electron chi connectivity index (χ2n) is 3.79. The topological polar surface area (TPSA) is 68.4 Å². The van der Waals surface area contributed by atoms with Crippen LogP contribution in [-0.4, -0.2) is 28.0 Å². The Balaban J connectivity index is 2.03. The maximum atomic E-state index is 11.9. The molecule has 0 saturated heterocycles. The van der Waals surface area contributed by atoms with E-state index in [1.165, 1.54) is 18.2 Å². The zero-order valence-corrected chi connectivity index (χ0v) is 10.6. The van der Waals surface area contributed by atoms with Crippen LogP contribution < -0.4 is 0 Å². The van der Waals surface area contributed by atoms with Gasteiger partial charge in [0.05, 0.1) is 5.02 Å². The lowest BCUT2D eigenvalue weighted by molar-refractivity contribution is -0.177. The van der Waals surface area contributed by atoms with E-state index in [1.54, 1.807) is 0 Å². The van der Waals surface area contributed by atoms with Crippen molar-refractivity contribution in [3.63, 3.8) is 0 Å². The third-order valence-electron chi connectivity index (χ3n) is 2.16. The van der Waals surface area contributed by atoms with Crippen LogP contribution in [0.3, 0.4) is 0 Å². The van der Waals surface area contributed by atoms with Gasteiger partial charge in [0.25, 0.3) is 5.89 Å². The summed E-state index contributed by atoms with van der Waals surface area (Å²) in [4.78, 5) is 3.86. The first-order chi connectivity index (χ1) is 9.35. The van der Waals surface area contributed by atoms with E-state index in [4.69, 9.17) is 16.1 Å². The molecule has 1 heterocycles. The molecular weight excluding hydrogens is 301 g/mol. The second kappa shape index (κ2) is 5.68. The molecule has 0 aliphatic heterocycles. The van der Waals surface area contributed by atoms with E-state index in [0.29, 0.717) is 5.56 Å². The van der Waals surface area contributed by atoms with Gasteiger partial charge in [0.2, 0.25) is 0 Å². The van der Waals surface area contributed by atoms with Crippen LogP contribution >= 0.6 is 11.6 Å². The van der Waals surface area contributed by atoms with Gasteiger partial charge in [0.1, 0.15) is 19.0 Å². The maximum Gasteiger partial charge on any atom is 0.411 e. The van der Waals surface area contributed by atoms with Crippen molar-refractivity contribution in [1.82, 2.24) is 10.1 Å². The molecule has 0 radical (unpaired) electrons. The molecule has 2 aromatic rings. The van der Waals surface area contributed by atoms with E-state index in [2.05, 4.69) is 14.9 Å². The van der Waals surface area contributed by atoms with Gasteiger partial charge >= 0.3 is 6.18 Å². The number of nitrogens with zero attached hydrogens (tertiary/aromatic N) is 2. The SMILES string of the molecule is Oc1ccc(-c2nc(COCC(F)(F)F)no2)cc1Cl. The summed E-state index contributed by atoms with van der Waals surface area (Å²) >= 11 is 5.71. The van der Waals surface area contributed by atoms with Gasteiger partial charge in [-0.15, -0.1) is 0 Å². The van der Waals surface area contributed by atoms with Crippen molar-refractivity contribution >= 4 is 11.6 Å². The second-order valence-corrected chi connectivity index (χ2v) is 4.20. The van der Waals surface area contributed by atoms with Gasteiger partial charge in [-0.2, -0.15) is 18.2 Å². The lowest BCUT2D eigenvalue weighted by Crippen LogP contribution is -2.16. The van der Waals surface area contributed by atoms with Crippen LogP contribution in [0.5, 0.6) is 5.75 Å². The highest BCUT2D eigenvalue weighted by atomic mass is 35.5. The molecule has 0 saturated carbocycles. The first kappa shape index (κ1) is 14.6. The lowest BCUT2D eigenvalue weighted by atomic mass is 10.2. The van der Waals surface area contributed by atoms with E-state index in [9.17, 15) is 18.3 Å². The first-order valence-corrected chi connectivity index (χ1v) is 5.69. The van der Waals surface area contributed by atoms with E-state index >= 15 is 0 Å². The van der Waals surface area contributed by atoms with Crippen molar-refractivity contribution in [2.45, 2.75) is 12.8 Å². The monoisotopic (exact) mass is 308 g/mol. The molecule has 5 nitrogen and oxygen atoms in total. The van der Waals surface area contributed by atoms with Gasteiger partial charge in [0.15, 0.2) is 5.82 Å². The number of hydrogen-bond donors (Lipinski definition) is 1. The molecule has 1 aromatic carbocycles. The number of halogens is 4. The Morgan fingerprint density at radius 1 is 1.35 bits per heavy atom. The van der Waals surface area contributed by atoms with Crippen LogP contribution in [0.4, 0.5) is 13.2 Å². The smallest absolute Gasteiger partial charge is 0.411 e. The van der Waals surface area contributed by atoms with Gasteiger partial charge in [0, 0.05) is 5.56 Å². The van der Waals surface area contributed by atoms with Crippen LogP contribution in [0.15, 0.2) is 22.7 Å². The van der Waals surface area contributed by atoms with Gasteiger partial charge in [-0.3, -0.25) is 0 Å². The molecule has 9 heteroatoms. The summed E-state index contributed by atoms with van der Waals surface area (Å²) < 4.78 is 44.9. The Bertz CT molecular complexity index is 601. The highest BCUT2D eigenvalue weighted by molar-refractivity contribution is 6.32. The third-order valence-corrected chi connectivity index (χ3v) is 2.46. The molecule has 0 aliphatic carbocycles. The molecule has 1 N–H and O–H groups in total. The molecule has 0 spiro atoms. The van der Waals surface area contributed by atoms with Gasteiger partial charge in [-0.05, 0) is 18.2 Å². The van der Waals surface area contributed by atoms with Crippen LogP contribution in [-0.2, 0) is 11.3 Å². The van der Waals surface area contributed by atoms with Gasteiger partial charge < -0.3 is 14.4 Å². The van der Waals surface area contributed by atoms with Crippen molar-refractivity contribution in [3.05, 3.63) is 29.0 Å².